The van der Waals surface area contributed by atoms with E-state index >= 15 is 0 Å². The molecule has 0 radical (unpaired) electrons. The molecule has 2 aromatic carbocycles. The van der Waals surface area contributed by atoms with E-state index in [-0.39, 0.29) is 11.2 Å². The lowest BCUT2D eigenvalue weighted by Crippen LogP contribution is -2.38. The Hall–Kier alpha value is -4.34. The van der Waals surface area contributed by atoms with Gasteiger partial charge in [-0.25, -0.2) is 9.78 Å². The van der Waals surface area contributed by atoms with Gasteiger partial charge in [0.15, 0.2) is 11.2 Å². The third-order valence-corrected chi connectivity index (χ3v) is 6.63. The molecule has 1 N–H and O–H groups in total. The number of tetrazole rings is 1. The SMILES string of the molecule is CCCCc1nc2c(c(=O)n(C)c(=O)n2CCC)n1Cc1ccc(-c2ccccc2-c2nn[nH]n2)cc1. The molecule has 0 fully saturated rings. The number of benzene rings is 2. The number of imidazole rings is 1. The van der Waals surface area contributed by atoms with Gasteiger partial charge in [0.2, 0.25) is 5.82 Å². The van der Waals surface area contributed by atoms with Crippen molar-refractivity contribution >= 4 is 11.2 Å². The van der Waals surface area contributed by atoms with Crippen molar-refractivity contribution < 1.29 is 0 Å². The average molecular weight is 499 g/mol. The van der Waals surface area contributed by atoms with E-state index in [2.05, 4.69) is 51.8 Å². The van der Waals surface area contributed by atoms with Crippen molar-refractivity contribution in [3.63, 3.8) is 0 Å². The van der Waals surface area contributed by atoms with Crippen molar-refractivity contribution in [2.24, 2.45) is 7.05 Å². The van der Waals surface area contributed by atoms with Crippen molar-refractivity contribution in [2.75, 3.05) is 0 Å². The van der Waals surface area contributed by atoms with E-state index in [9.17, 15) is 9.59 Å². The van der Waals surface area contributed by atoms with Gasteiger partial charge >= 0.3 is 5.69 Å². The van der Waals surface area contributed by atoms with Crippen LogP contribution in [0.15, 0.2) is 58.1 Å². The smallest absolute Gasteiger partial charge is 0.318 e. The standard InChI is InChI=1S/C27H30N8O2/c1-4-6-11-22-28-25-23(26(36)33(3)27(37)34(25)16-5-2)35(22)17-18-12-14-19(15-13-18)20-9-7-8-10-21(20)24-29-31-32-30-24/h7-10,12-15H,4-6,11,16-17H2,1-3H3,(H,29,30,31,32). The van der Waals surface area contributed by atoms with Gasteiger partial charge in [-0.1, -0.05) is 68.8 Å². The molecule has 0 saturated carbocycles. The predicted molar refractivity (Wildman–Crippen MR) is 142 cm³/mol. The summed E-state index contributed by atoms with van der Waals surface area (Å²) in [6, 6.07) is 16.2. The first kappa shape index (κ1) is 24.4. The molecule has 0 aliphatic rings. The molecule has 3 heterocycles. The van der Waals surface area contributed by atoms with Gasteiger partial charge in [-0.3, -0.25) is 13.9 Å². The Labute approximate surface area is 213 Å². The van der Waals surface area contributed by atoms with E-state index in [4.69, 9.17) is 4.98 Å². The van der Waals surface area contributed by atoms with Gasteiger partial charge < -0.3 is 4.57 Å². The maximum absolute atomic E-state index is 13.3. The monoisotopic (exact) mass is 498 g/mol. The highest BCUT2D eigenvalue weighted by Crippen LogP contribution is 2.30. The number of unbranched alkanes of at least 4 members (excludes halogenated alkanes) is 1. The van der Waals surface area contributed by atoms with Crippen LogP contribution in [0.5, 0.6) is 0 Å². The van der Waals surface area contributed by atoms with Crippen LogP contribution in [0.4, 0.5) is 0 Å². The maximum atomic E-state index is 13.3. The second-order valence-electron chi connectivity index (χ2n) is 9.17. The van der Waals surface area contributed by atoms with Crippen LogP contribution in [0.2, 0.25) is 0 Å². The zero-order chi connectivity index (χ0) is 25.9. The molecule has 0 saturated heterocycles. The van der Waals surface area contributed by atoms with E-state index in [1.165, 1.54) is 11.6 Å². The number of hydrogen-bond acceptors (Lipinski definition) is 6. The largest absolute Gasteiger partial charge is 0.332 e. The second kappa shape index (κ2) is 10.3. The first-order valence-electron chi connectivity index (χ1n) is 12.6. The third-order valence-electron chi connectivity index (χ3n) is 6.63. The summed E-state index contributed by atoms with van der Waals surface area (Å²) in [6.45, 7) is 5.14. The lowest BCUT2D eigenvalue weighted by atomic mass is 9.98. The Morgan fingerprint density at radius 2 is 1.68 bits per heavy atom. The molecule has 0 unspecified atom stereocenters. The molecule has 0 amide bonds. The second-order valence-corrected chi connectivity index (χ2v) is 9.17. The molecule has 0 aliphatic carbocycles. The zero-order valence-electron chi connectivity index (χ0n) is 21.3. The van der Waals surface area contributed by atoms with Gasteiger partial charge in [-0.2, -0.15) is 5.21 Å². The molecular formula is C27H30N8O2. The number of rotatable bonds is 9. The first-order chi connectivity index (χ1) is 18.0. The van der Waals surface area contributed by atoms with Gasteiger partial charge in [0.25, 0.3) is 5.56 Å². The number of fused-ring (bicyclic) bond motifs is 1. The summed E-state index contributed by atoms with van der Waals surface area (Å²) in [6.07, 6.45) is 3.48. The molecule has 190 valence electrons. The quantitative estimate of drug-likeness (QED) is 0.332. The molecule has 37 heavy (non-hydrogen) atoms. The number of H-pyrrole nitrogens is 1. The number of aromatic amines is 1. The Bertz CT molecular complexity index is 1640. The fourth-order valence-electron chi connectivity index (χ4n) is 4.70. The minimum atomic E-state index is -0.323. The van der Waals surface area contributed by atoms with E-state index < -0.39 is 0 Å². The molecule has 10 heteroatoms. The molecule has 5 aromatic rings. The van der Waals surface area contributed by atoms with E-state index in [1.54, 1.807) is 4.57 Å². The normalized spacial score (nSPS) is 11.4. The van der Waals surface area contributed by atoms with Crippen LogP contribution >= 0.6 is 0 Å². The summed E-state index contributed by atoms with van der Waals surface area (Å²) < 4.78 is 4.81. The molecule has 0 bridgehead atoms. The summed E-state index contributed by atoms with van der Waals surface area (Å²) in [7, 11) is 1.54. The molecule has 0 spiro atoms. The molecule has 5 rings (SSSR count). The Morgan fingerprint density at radius 3 is 2.35 bits per heavy atom. The van der Waals surface area contributed by atoms with Gasteiger partial charge in [-0.15, -0.1) is 10.2 Å². The third kappa shape index (κ3) is 4.50. The summed E-state index contributed by atoms with van der Waals surface area (Å²) in [5.74, 6) is 1.37. The first-order valence-corrected chi connectivity index (χ1v) is 12.6. The van der Waals surface area contributed by atoms with Crippen LogP contribution in [-0.4, -0.2) is 39.3 Å². The van der Waals surface area contributed by atoms with Crippen molar-refractivity contribution in [3.8, 4) is 22.5 Å². The van der Waals surface area contributed by atoms with Crippen molar-refractivity contribution in [1.82, 2.24) is 39.3 Å². The van der Waals surface area contributed by atoms with Crippen LogP contribution in [0.1, 0.15) is 44.5 Å². The predicted octanol–water partition coefficient (Wildman–Crippen LogP) is 3.54. The molecule has 3 aromatic heterocycles. The lowest BCUT2D eigenvalue weighted by Gasteiger charge is -2.12. The Balaban J connectivity index is 1.57. The van der Waals surface area contributed by atoms with Gasteiger partial charge in [0.1, 0.15) is 5.82 Å². The van der Waals surface area contributed by atoms with Crippen LogP contribution in [0.3, 0.4) is 0 Å². The van der Waals surface area contributed by atoms with Gasteiger partial charge in [0.05, 0.1) is 0 Å². The van der Waals surface area contributed by atoms with Crippen LogP contribution in [-0.2, 0) is 26.6 Å². The van der Waals surface area contributed by atoms with E-state index in [0.717, 1.165) is 53.8 Å². The molecule has 0 aliphatic heterocycles. The molecule has 0 atom stereocenters. The van der Waals surface area contributed by atoms with Crippen LogP contribution in [0.25, 0.3) is 33.7 Å². The van der Waals surface area contributed by atoms with Crippen molar-refractivity contribution in [2.45, 2.75) is 52.6 Å². The Kier molecular flexibility index (Phi) is 6.80. The number of aryl methyl sites for hydroxylation is 2. The minimum Gasteiger partial charge on any atom is -0.318 e. The lowest BCUT2D eigenvalue weighted by molar-refractivity contribution is 0.609. The van der Waals surface area contributed by atoms with E-state index in [1.807, 2.05) is 35.8 Å². The maximum Gasteiger partial charge on any atom is 0.332 e. The number of nitrogens with one attached hydrogen (secondary N) is 1. The Morgan fingerprint density at radius 1 is 0.919 bits per heavy atom. The zero-order valence-corrected chi connectivity index (χ0v) is 21.3. The highest BCUT2D eigenvalue weighted by atomic mass is 16.2. The fourth-order valence-corrected chi connectivity index (χ4v) is 4.70. The topological polar surface area (TPSA) is 116 Å². The van der Waals surface area contributed by atoms with Crippen molar-refractivity contribution in [3.05, 3.63) is 80.8 Å². The van der Waals surface area contributed by atoms with Crippen LogP contribution < -0.4 is 11.2 Å². The highest BCUT2D eigenvalue weighted by Gasteiger charge is 2.20. The summed E-state index contributed by atoms with van der Waals surface area (Å²) in [5.41, 5.74) is 4.28. The van der Waals surface area contributed by atoms with Crippen molar-refractivity contribution in [1.29, 1.82) is 0 Å². The summed E-state index contributed by atoms with van der Waals surface area (Å²) in [5, 5.41) is 14.5. The molecular weight excluding hydrogens is 468 g/mol. The van der Waals surface area contributed by atoms with Crippen LogP contribution in [0, 0.1) is 0 Å². The summed E-state index contributed by atoms with van der Waals surface area (Å²) >= 11 is 0. The number of aromatic nitrogens is 8. The summed E-state index contributed by atoms with van der Waals surface area (Å²) in [4.78, 5) is 30.9. The fraction of sp³-hybridized carbons (Fsp3) is 0.333. The average Bonchev–Trinajstić information content (AvgIpc) is 3.58. The number of hydrogen-bond donors (Lipinski definition) is 1. The minimum absolute atomic E-state index is 0.312. The van der Waals surface area contributed by atoms with Gasteiger partial charge in [0, 0.05) is 32.1 Å². The van der Waals surface area contributed by atoms with E-state index in [0.29, 0.717) is 30.1 Å². The highest BCUT2D eigenvalue weighted by molar-refractivity contribution is 5.80. The molecule has 10 nitrogen and oxygen atoms in total. The number of nitrogens with zero attached hydrogens (tertiary/aromatic N) is 7. The van der Waals surface area contributed by atoms with Gasteiger partial charge in [-0.05, 0) is 34.7 Å².